The van der Waals surface area contributed by atoms with Crippen molar-refractivity contribution >= 4 is 11.6 Å². The lowest BCUT2D eigenvalue weighted by Crippen LogP contribution is -2.49. The molecule has 1 heterocycles. The number of hydrogen-bond donors (Lipinski definition) is 2. The van der Waals surface area contributed by atoms with Crippen LogP contribution in [0, 0.1) is 5.82 Å². The van der Waals surface area contributed by atoms with Gasteiger partial charge in [0.1, 0.15) is 5.82 Å². The molecule has 1 saturated heterocycles. The molecule has 5 nitrogen and oxygen atoms in total. The van der Waals surface area contributed by atoms with E-state index in [1.165, 1.54) is 17.7 Å². The summed E-state index contributed by atoms with van der Waals surface area (Å²) in [6.07, 6.45) is 0. The molecule has 27 heavy (non-hydrogen) atoms. The zero-order valence-electron chi connectivity index (χ0n) is 15.9. The number of benzene rings is 2. The van der Waals surface area contributed by atoms with E-state index in [2.05, 4.69) is 37.6 Å². The Balaban J connectivity index is 1.35. The van der Waals surface area contributed by atoms with Crippen LogP contribution in [0.25, 0.3) is 0 Å². The highest BCUT2D eigenvalue weighted by Crippen LogP contribution is 2.16. The molecule has 0 spiro atoms. The highest BCUT2D eigenvalue weighted by Gasteiger charge is 2.16. The summed E-state index contributed by atoms with van der Waals surface area (Å²) in [6.45, 7) is 6.54. The number of rotatable bonds is 6. The van der Waals surface area contributed by atoms with E-state index in [9.17, 15) is 4.39 Å². The third-order valence-electron chi connectivity index (χ3n) is 4.81. The second-order valence-electron chi connectivity index (χ2n) is 6.64. The first-order valence-corrected chi connectivity index (χ1v) is 9.46. The van der Waals surface area contributed by atoms with E-state index < -0.39 is 0 Å². The van der Waals surface area contributed by atoms with Gasteiger partial charge in [0.05, 0.1) is 0 Å². The molecule has 2 aromatic carbocycles. The van der Waals surface area contributed by atoms with E-state index in [1.54, 1.807) is 7.05 Å². The van der Waals surface area contributed by atoms with Gasteiger partial charge in [-0.2, -0.15) is 0 Å². The lowest BCUT2D eigenvalue weighted by molar-refractivity contribution is 0.261. The van der Waals surface area contributed by atoms with Crippen molar-refractivity contribution in [2.75, 3.05) is 51.2 Å². The monoisotopic (exact) mass is 369 g/mol. The van der Waals surface area contributed by atoms with Crippen molar-refractivity contribution in [3.63, 3.8) is 0 Å². The Labute approximate surface area is 160 Å². The fraction of sp³-hybridized carbons (Fsp3) is 0.381. The molecule has 0 atom stereocenters. The van der Waals surface area contributed by atoms with Crippen LogP contribution in [0.2, 0.25) is 0 Å². The molecule has 1 aliphatic heterocycles. The highest BCUT2D eigenvalue weighted by atomic mass is 19.1. The predicted octanol–water partition coefficient (Wildman–Crippen LogP) is 2.31. The van der Waals surface area contributed by atoms with Gasteiger partial charge in [0.2, 0.25) is 0 Å². The van der Waals surface area contributed by atoms with Gasteiger partial charge in [0.15, 0.2) is 5.96 Å². The summed E-state index contributed by atoms with van der Waals surface area (Å²) in [5.41, 5.74) is 2.33. The van der Waals surface area contributed by atoms with Gasteiger partial charge < -0.3 is 15.5 Å². The maximum absolute atomic E-state index is 13.1. The van der Waals surface area contributed by atoms with Crippen molar-refractivity contribution in [3.05, 3.63) is 66.0 Å². The Hall–Kier alpha value is -2.60. The summed E-state index contributed by atoms with van der Waals surface area (Å²) >= 11 is 0. The van der Waals surface area contributed by atoms with Crippen LogP contribution in [0.5, 0.6) is 0 Å². The molecule has 0 bridgehead atoms. The minimum absolute atomic E-state index is 0.183. The van der Waals surface area contributed by atoms with Crippen molar-refractivity contribution in [1.82, 2.24) is 15.5 Å². The van der Waals surface area contributed by atoms with Gasteiger partial charge in [0.25, 0.3) is 0 Å². The molecular weight excluding hydrogens is 341 g/mol. The topological polar surface area (TPSA) is 42.9 Å². The zero-order valence-corrected chi connectivity index (χ0v) is 15.9. The molecule has 0 aromatic heterocycles. The van der Waals surface area contributed by atoms with E-state index in [0.29, 0.717) is 0 Å². The van der Waals surface area contributed by atoms with Crippen LogP contribution < -0.4 is 15.5 Å². The number of guanidine groups is 1. The zero-order chi connectivity index (χ0) is 18.9. The molecule has 6 heteroatoms. The molecule has 144 valence electrons. The molecule has 0 unspecified atom stereocenters. The molecule has 0 saturated carbocycles. The summed E-state index contributed by atoms with van der Waals surface area (Å²) in [6, 6.07) is 17.1. The minimum Gasteiger partial charge on any atom is -0.369 e. The third-order valence-corrected chi connectivity index (χ3v) is 4.81. The Morgan fingerprint density at radius 2 is 1.67 bits per heavy atom. The molecular formula is C21H28FN5. The van der Waals surface area contributed by atoms with Crippen molar-refractivity contribution in [1.29, 1.82) is 0 Å². The van der Waals surface area contributed by atoms with E-state index in [-0.39, 0.29) is 5.82 Å². The summed E-state index contributed by atoms with van der Waals surface area (Å²) in [5, 5.41) is 6.72. The summed E-state index contributed by atoms with van der Waals surface area (Å²) in [7, 11) is 1.79. The van der Waals surface area contributed by atoms with Crippen molar-refractivity contribution in [3.8, 4) is 0 Å². The second kappa shape index (κ2) is 9.92. The molecule has 1 aliphatic rings. The fourth-order valence-corrected chi connectivity index (χ4v) is 3.22. The summed E-state index contributed by atoms with van der Waals surface area (Å²) < 4.78 is 13.1. The Bertz CT molecular complexity index is 709. The Morgan fingerprint density at radius 3 is 2.33 bits per heavy atom. The van der Waals surface area contributed by atoms with Crippen LogP contribution in [0.4, 0.5) is 10.1 Å². The molecule has 0 radical (unpaired) electrons. The maximum Gasteiger partial charge on any atom is 0.191 e. The van der Waals surface area contributed by atoms with Gasteiger partial charge in [-0.15, -0.1) is 0 Å². The van der Waals surface area contributed by atoms with E-state index in [0.717, 1.165) is 57.5 Å². The van der Waals surface area contributed by atoms with Gasteiger partial charge in [-0.1, -0.05) is 30.3 Å². The van der Waals surface area contributed by atoms with Crippen LogP contribution in [0.1, 0.15) is 5.56 Å². The summed E-state index contributed by atoms with van der Waals surface area (Å²) in [4.78, 5) is 9.03. The lowest BCUT2D eigenvalue weighted by Gasteiger charge is -2.36. The van der Waals surface area contributed by atoms with Crippen molar-refractivity contribution < 1.29 is 4.39 Å². The molecule has 3 rings (SSSR count). The van der Waals surface area contributed by atoms with Gasteiger partial charge in [0, 0.05) is 58.5 Å². The number of halogens is 1. The SMILES string of the molecule is CN=C(NCCN1CCN(c2ccc(F)cc2)CC1)NCc1ccccc1. The first-order valence-electron chi connectivity index (χ1n) is 9.46. The average molecular weight is 369 g/mol. The minimum atomic E-state index is -0.183. The van der Waals surface area contributed by atoms with Gasteiger partial charge in [-0.05, 0) is 29.8 Å². The Morgan fingerprint density at radius 1 is 0.963 bits per heavy atom. The van der Waals surface area contributed by atoms with Gasteiger partial charge in [-0.25, -0.2) is 4.39 Å². The molecule has 1 fully saturated rings. The standard InChI is InChI=1S/C21H28FN5/c1-23-21(25-17-18-5-3-2-4-6-18)24-11-12-26-13-15-27(16-14-26)20-9-7-19(22)8-10-20/h2-10H,11-17H2,1H3,(H2,23,24,25). The molecule has 2 N–H and O–H groups in total. The number of anilines is 1. The van der Waals surface area contributed by atoms with Crippen molar-refractivity contribution in [2.24, 2.45) is 4.99 Å². The second-order valence-corrected chi connectivity index (χ2v) is 6.64. The average Bonchev–Trinajstić information content (AvgIpc) is 2.72. The molecule has 2 aromatic rings. The molecule has 0 amide bonds. The van der Waals surface area contributed by atoms with Crippen molar-refractivity contribution in [2.45, 2.75) is 6.54 Å². The number of hydrogen-bond acceptors (Lipinski definition) is 3. The number of nitrogens with zero attached hydrogens (tertiary/aromatic N) is 3. The van der Waals surface area contributed by atoms with Crippen LogP contribution in [0.15, 0.2) is 59.6 Å². The predicted molar refractivity (Wildman–Crippen MR) is 110 cm³/mol. The fourth-order valence-electron chi connectivity index (χ4n) is 3.22. The lowest BCUT2D eigenvalue weighted by atomic mass is 10.2. The van der Waals surface area contributed by atoms with Crippen LogP contribution >= 0.6 is 0 Å². The van der Waals surface area contributed by atoms with Gasteiger partial charge in [-0.3, -0.25) is 9.89 Å². The first-order chi connectivity index (χ1) is 13.2. The van der Waals surface area contributed by atoms with E-state index in [4.69, 9.17) is 0 Å². The van der Waals surface area contributed by atoms with Gasteiger partial charge >= 0.3 is 0 Å². The number of piperazine rings is 1. The first kappa shape index (κ1) is 19.2. The van der Waals surface area contributed by atoms with E-state index >= 15 is 0 Å². The highest BCUT2D eigenvalue weighted by molar-refractivity contribution is 5.79. The summed E-state index contributed by atoms with van der Waals surface area (Å²) in [5.74, 6) is 0.640. The largest absolute Gasteiger partial charge is 0.369 e. The quantitative estimate of drug-likeness (QED) is 0.606. The third kappa shape index (κ3) is 5.96. The van der Waals surface area contributed by atoms with Crippen LogP contribution in [0.3, 0.4) is 0 Å². The number of nitrogens with one attached hydrogen (secondary N) is 2. The van der Waals surface area contributed by atoms with E-state index in [1.807, 2.05) is 30.3 Å². The Kier molecular flexibility index (Phi) is 7.04. The van der Waals surface area contributed by atoms with Crippen LogP contribution in [-0.4, -0.2) is 57.2 Å². The maximum atomic E-state index is 13.1. The normalized spacial score (nSPS) is 15.6. The smallest absolute Gasteiger partial charge is 0.191 e. The molecule has 0 aliphatic carbocycles. The van der Waals surface area contributed by atoms with Crippen LogP contribution in [-0.2, 0) is 6.54 Å². The number of aliphatic imine (C=N–C) groups is 1.